The van der Waals surface area contributed by atoms with Crippen molar-refractivity contribution in [2.45, 2.75) is 36.0 Å². The molecule has 2 N–H and O–H groups in total. The van der Waals surface area contributed by atoms with E-state index in [0.717, 1.165) is 27.8 Å². The number of aromatic hydroxyl groups is 2. The number of fused-ring (bicyclic) bond motifs is 2. The van der Waals surface area contributed by atoms with E-state index in [2.05, 4.69) is 0 Å². The molecule has 0 saturated carbocycles. The van der Waals surface area contributed by atoms with Crippen molar-refractivity contribution in [2.24, 2.45) is 0 Å². The number of benzene rings is 3. The summed E-state index contributed by atoms with van der Waals surface area (Å²) in [4.78, 5) is 0. The van der Waals surface area contributed by atoms with Crippen LogP contribution in [0, 0.1) is 13.8 Å². The number of aryl methyl sites for hydroxylation is 2. The lowest BCUT2D eigenvalue weighted by molar-refractivity contribution is 0.469. The van der Waals surface area contributed by atoms with Gasteiger partial charge in [-0.15, -0.1) is 0 Å². The van der Waals surface area contributed by atoms with Gasteiger partial charge in [0.2, 0.25) is 0 Å². The Morgan fingerprint density at radius 1 is 0.914 bits per heavy atom. The largest absolute Gasteiger partial charge is 0.508 e. The molecule has 2 bridgehead atoms. The van der Waals surface area contributed by atoms with Gasteiger partial charge in [0.05, 0.1) is 15.5 Å². The van der Waals surface area contributed by atoms with Gasteiger partial charge < -0.3 is 14.4 Å². The Bertz CT molecular complexity index is 1510. The fourth-order valence-electron chi connectivity index (χ4n) is 5.10. The highest BCUT2D eigenvalue weighted by atomic mass is 35.5. The zero-order valence-electron chi connectivity index (χ0n) is 18.9. The number of rotatable bonds is 5. The average molecular weight is 531 g/mol. The minimum atomic E-state index is -4.18. The van der Waals surface area contributed by atoms with Gasteiger partial charge in [0.15, 0.2) is 5.75 Å². The summed E-state index contributed by atoms with van der Waals surface area (Å²) in [6, 6.07) is 16.2. The average Bonchev–Trinajstić information content (AvgIpc) is 3.26. The minimum Gasteiger partial charge on any atom is -0.508 e. The molecular formula is C26H23ClO6S2. The Balaban J connectivity index is 1.68. The van der Waals surface area contributed by atoms with Gasteiger partial charge in [-0.1, -0.05) is 35.9 Å². The van der Waals surface area contributed by atoms with Crippen LogP contribution in [-0.4, -0.2) is 38.6 Å². The zero-order chi connectivity index (χ0) is 25.1. The van der Waals surface area contributed by atoms with Crippen molar-refractivity contribution >= 4 is 43.7 Å². The molecule has 3 aromatic carbocycles. The molecule has 1 unspecified atom stereocenters. The monoisotopic (exact) mass is 530 g/mol. The van der Waals surface area contributed by atoms with Gasteiger partial charge >= 0.3 is 10.1 Å². The normalized spacial score (nSPS) is 23.6. The lowest BCUT2D eigenvalue weighted by Gasteiger charge is -2.27. The Morgan fingerprint density at radius 2 is 1.49 bits per heavy atom. The molecule has 1 fully saturated rings. The lowest BCUT2D eigenvalue weighted by atomic mass is 9.81. The van der Waals surface area contributed by atoms with Crippen LogP contribution in [0.15, 0.2) is 60.7 Å². The Labute approximate surface area is 211 Å². The number of para-hydroxylation sites is 1. The number of phenols is 2. The summed E-state index contributed by atoms with van der Waals surface area (Å²) < 4.78 is 46.0. The molecule has 2 aliphatic heterocycles. The van der Waals surface area contributed by atoms with Gasteiger partial charge in [0, 0.05) is 10.8 Å². The van der Waals surface area contributed by atoms with Crippen molar-refractivity contribution in [1.82, 2.24) is 0 Å². The van der Waals surface area contributed by atoms with Crippen molar-refractivity contribution in [3.8, 4) is 17.2 Å². The van der Waals surface area contributed by atoms with E-state index >= 15 is 0 Å². The van der Waals surface area contributed by atoms with Crippen molar-refractivity contribution in [1.29, 1.82) is 0 Å². The first-order chi connectivity index (χ1) is 16.6. The number of hydrogen-bond acceptors (Lipinski definition) is 6. The smallest absolute Gasteiger partial charge is 0.313 e. The van der Waals surface area contributed by atoms with Gasteiger partial charge in [0.25, 0.3) is 0 Å². The maximum absolute atomic E-state index is 13.7. The summed E-state index contributed by atoms with van der Waals surface area (Å²) in [6.45, 7) is 3.68. The molecule has 1 saturated heterocycles. The van der Waals surface area contributed by atoms with Crippen LogP contribution in [0.3, 0.4) is 0 Å². The molecule has 0 aliphatic carbocycles. The van der Waals surface area contributed by atoms with Crippen LogP contribution in [0.25, 0.3) is 11.1 Å². The second-order valence-electron chi connectivity index (χ2n) is 8.84. The third-order valence-corrected chi connectivity index (χ3v) is 10.8. The molecule has 0 amide bonds. The molecule has 0 spiro atoms. The van der Waals surface area contributed by atoms with Crippen molar-refractivity contribution < 1.29 is 27.0 Å². The van der Waals surface area contributed by atoms with Crippen LogP contribution < -0.4 is 4.18 Å². The standard InChI is InChI=1S/C26H23ClO6S2/c1-14-11-16(28)7-9-18(14)24-22-13-23(35(31,32)33-21-6-4-3-5-20(21)27)26(34(22)30)25(24)19-10-8-17(29)12-15(19)2/h3-12,22-23,26,28-29H,13H2,1-2H3/t22-,23-,26+,34?/m0/s1. The van der Waals surface area contributed by atoms with E-state index < -0.39 is 36.7 Å². The van der Waals surface area contributed by atoms with Crippen molar-refractivity contribution in [3.63, 3.8) is 0 Å². The van der Waals surface area contributed by atoms with E-state index in [1.807, 2.05) is 13.8 Å². The second-order valence-corrected chi connectivity index (χ2v) is 12.7. The summed E-state index contributed by atoms with van der Waals surface area (Å²) in [7, 11) is -5.71. The highest BCUT2D eigenvalue weighted by Crippen LogP contribution is 2.54. The second kappa shape index (κ2) is 8.69. The molecule has 6 nitrogen and oxygen atoms in total. The predicted molar refractivity (Wildman–Crippen MR) is 138 cm³/mol. The van der Waals surface area contributed by atoms with Crippen molar-refractivity contribution in [3.05, 3.63) is 87.9 Å². The van der Waals surface area contributed by atoms with Crippen LogP contribution >= 0.6 is 11.6 Å². The van der Waals surface area contributed by atoms with Crippen LogP contribution in [0.2, 0.25) is 5.02 Å². The predicted octanol–water partition coefficient (Wildman–Crippen LogP) is 4.96. The highest BCUT2D eigenvalue weighted by molar-refractivity contribution is 7.93. The SMILES string of the molecule is Cc1cc(O)ccc1C1=C(c2ccc(O)cc2C)[C@H]2[C@@H](S(=O)(=O)Oc3ccccc3Cl)C[C@@H]1S2=O. The van der Waals surface area contributed by atoms with Crippen LogP contribution in [-0.2, 0) is 20.9 Å². The number of halogens is 1. The van der Waals surface area contributed by atoms with Crippen LogP contribution in [0.4, 0.5) is 0 Å². The third kappa shape index (κ3) is 4.03. The lowest BCUT2D eigenvalue weighted by Crippen LogP contribution is -2.36. The molecule has 0 radical (unpaired) electrons. The van der Waals surface area contributed by atoms with E-state index in [0.29, 0.717) is 5.57 Å². The molecular weight excluding hydrogens is 508 g/mol. The molecule has 2 aliphatic rings. The molecule has 5 rings (SSSR count). The summed E-state index contributed by atoms with van der Waals surface area (Å²) in [6.07, 6.45) is 0.139. The van der Waals surface area contributed by atoms with Gasteiger partial charge in [-0.2, -0.15) is 8.42 Å². The van der Waals surface area contributed by atoms with E-state index in [1.165, 1.54) is 12.1 Å². The fourth-order valence-corrected chi connectivity index (χ4v) is 9.70. The molecule has 182 valence electrons. The first-order valence-electron chi connectivity index (χ1n) is 11.0. The number of phenolic OH excluding ortho intramolecular Hbond substituents is 2. The van der Waals surface area contributed by atoms with Crippen molar-refractivity contribution in [2.75, 3.05) is 0 Å². The first-order valence-corrected chi connectivity index (χ1v) is 14.1. The fraction of sp³-hybridized carbons (Fsp3) is 0.231. The summed E-state index contributed by atoms with van der Waals surface area (Å²) in [5.74, 6) is 0.237. The molecule has 35 heavy (non-hydrogen) atoms. The minimum absolute atomic E-state index is 0.0312. The Hall–Kier alpha value is -2.81. The summed E-state index contributed by atoms with van der Waals surface area (Å²) in [5.41, 5.74) is 4.55. The summed E-state index contributed by atoms with van der Waals surface area (Å²) in [5, 5.41) is 17.7. The maximum atomic E-state index is 13.7. The van der Waals surface area contributed by atoms with Gasteiger partial charge in [0.1, 0.15) is 16.7 Å². The Kier molecular flexibility index (Phi) is 5.94. The molecule has 4 atom stereocenters. The highest BCUT2D eigenvalue weighted by Gasteiger charge is 2.58. The number of hydrogen-bond donors (Lipinski definition) is 2. The van der Waals surface area contributed by atoms with Crippen LogP contribution in [0.5, 0.6) is 17.2 Å². The third-order valence-electron chi connectivity index (χ3n) is 6.63. The van der Waals surface area contributed by atoms with Gasteiger partial charge in [-0.3, -0.25) is 4.21 Å². The van der Waals surface area contributed by atoms with E-state index in [9.17, 15) is 22.8 Å². The van der Waals surface area contributed by atoms with Crippen LogP contribution in [0.1, 0.15) is 28.7 Å². The first kappa shape index (κ1) is 23.9. The van der Waals surface area contributed by atoms with E-state index in [1.54, 1.807) is 48.5 Å². The molecule has 9 heteroatoms. The topological polar surface area (TPSA) is 101 Å². The molecule has 3 aromatic rings. The maximum Gasteiger partial charge on any atom is 0.313 e. The zero-order valence-corrected chi connectivity index (χ0v) is 21.3. The van der Waals surface area contributed by atoms with E-state index in [-0.39, 0.29) is 28.7 Å². The molecule has 0 aromatic heterocycles. The Morgan fingerprint density at radius 3 is 2.06 bits per heavy atom. The quantitative estimate of drug-likeness (QED) is 0.452. The van der Waals surface area contributed by atoms with E-state index in [4.69, 9.17) is 15.8 Å². The van der Waals surface area contributed by atoms with Gasteiger partial charge in [-0.25, -0.2) is 0 Å². The molecule has 2 heterocycles. The summed E-state index contributed by atoms with van der Waals surface area (Å²) >= 11 is 6.14. The van der Waals surface area contributed by atoms with Gasteiger partial charge in [-0.05, 0) is 90.1 Å².